The molecule has 39 heavy (non-hydrogen) atoms. The van der Waals surface area contributed by atoms with E-state index in [-0.39, 0.29) is 16.6 Å². The second-order valence-electron chi connectivity index (χ2n) is 9.00. The Balaban J connectivity index is 1.29. The van der Waals surface area contributed by atoms with Crippen molar-refractivity contribution in [3.63, 3.8) is 0 Å². The van der Waals surface area contributed by atoms with Crippen molar-refractivity contribution in [3.05, 3.63) is 124 Å². The van der Waals surface area contributed by atoms with E-state index < -0.39 is 11.8 Å². The fourth-order valence-electron chi connectivity index (χ4n) is 4.04. The van der Waals surface area contributed by atoms with Crippen LogP contribution in [0, 0.1) is 13.8 Å². The van der Waals surface area contributed by atoms with E-state index in [4.69, 9.17) is 16.3 Å². The zero-order valence-electron chi connectivity index (χ0n) is 21.2. The number of aryl methyl sites for hydroxylation is 2. The average Bonchev–Trinajstić information content (AvgIpc) is 3.15. The number of hydrogen-bond donors (Lipinski definition) is 2. The number of ether oxygens (including phenoxy) is 1. The highest BCUT2D eigenvalue weighted by atomic mass is 35.5. The van der Waals surface area contributed by atoms with E-state index in [0.717, 1.165) is 16.0 Å². The molecule has 8 heteroatoms. The smallest absolute Gasteiger partial charge is 0.283 e. The van der Waals surface area contributed by atoms with Crippen LogP contribution in [0.15, 0.2) is 108 Å². The van der Waals surface area contributed by atoms with Crippen LogP contribution >= 0.6 is 11.6 Å². The summed E-state index contributed by atoms with van der Waals surface area (Å²) in [4.78, 5) is 40.0. The molecule has 0 saturated heterocycles. The third kappa shape index (κ3) is 5.54. The van der Waals surface area contributed by atoms with Gasteiger partial charge < -0.3 is 15.4 Å². The summed E-state index contributed by atoms with van der Waals surface area (Å²) in [5, 5.41) is 5.56. The lowest BCUT2D eigenvalue weighted by Gasteiger charge is -2.16. The summed E-state index contributed by atoms with van der Waals surface area (Å²) in [6.45, 7) is 3.98. The molecule has 3 amide bonds. The highest BCUT2D eigenvalue weighted by Gasteiger charge is 2.39. The Labute approximate surface area is 230 Å². The molecule has 0 bridgehead atoms. The summed E-state index contributed by atoms with van der Waals surface area (Å²) < 4.78 is 5.78. The molecular formula is C31H24ClN3O4. The van der Waals surface area contributed by atoms with Crippen molar-refractivity contribution in [2.24, 2.45) is 0 Å². The molecule has 0 radical (unpaired) electrons. The van der Waals surface area contributed by atoms with Gasteiger partial charge in [-0.25, -0.2) is 4.90 Å². The molecule has 194 valence electrons. The van der Waals surface area contributed by atoms with Gasteiger partial charge in [0.15, 0.2) is 0 Å². The number of anilines is 3. The number of benzene rings is 4. The topological polar surface area (TPSA) is 87.7 Å². The molecule has 2 N–H and O–H groups in total. The Morgan fingerprint density at radius 3 is 2.18 bits per heavy atom. The van der Waals surface area contributed by atoms with Gasteiger partial charge in [-0.1, -0.05) is 41.9 Å². The molecule has 7 nitrogen and oxygen atoms in total. The van der Waals surface area contributed by atoms with Crippen molar-refractivity contribution in [1.82, 2.24) is 0 Å². The van der Waals surface area contributed by atoms with Crippen LogP contribution in [0.1, 0.15) is 21.5 Å². The number of amides is 3. The zero-order valence-corrected chi connectivity index (χ0v) is 22.0. The van der Waals surface area contributed by atoms with Crippen molar-refractivity contribution in [2.45, 2.75) is 13.8 Å². The van der Waals surface area contributed by atoms with E-state index in [1.165, 1.54) is 0 Å². The van der Waals surface area contributed by atoms with E-state index in [2.05, 4.69) is 10.6 Å². The standard InChI is InChI=1S/C31H24ClN3O4/c1-19-11-12-23(17-20(19)2)34-29(36)21-7-6-8-22(18-21)33-28-27(32)30(37)35(31(28)38)24-13-15-26(16-14-24)39-25-9-4-3-5-10-25/h3-18,33H,1-2H3,(H,34,36). The van der Waals surface area contributed by atoms with Gasteiger partial charge in [-0.05, 0) is 91.7 Å². The van der Waals surface area contributed by atoms with Crippen LogP contribution in [0.4, 0.5) is 17.1 Å². The number of imide groups is 1. The number of hydrogen-bond acceptors (Lipinski definition) is 5. The summed E-state index contributed by atoms with van der Waals surface area (Å²) in [6.07, 6.45) is 0. The van der Waals surface area contributed by atoms with Crippen LogP contribution in [-0.4, -0.2) is 17.7 Å². The van der Waals surface area contributed by atoms with Crippen LogP contribution in [-0.2, 0) is 9.59 Å². The van der Waals surface area contributed by atoms with E-state index in [1.807, 2.05) is 62.4 Å². The molecule has 0 spiro atoms. The lowest BCUT2D eigenvalue weighted by molar-refractivity contribution is -0.120. The van der Waals surface area contributed by atoms with Crippen LogP contribution in [0.2, 0.25) is 0 Å². The summed E-state index contributed by atoms with van der Waals surface area (Å²) in [6, 6.07) is 28.1. The third-order valence-electron chi connectivity index (χ3n) is 6.26. The summed E-state index contributed by atoms with van der Waals surface area (Å²) in [7, 11) is 0. The van der Waals surface area contributed by atoms with Gasteiger partial charge in [0.1, 0.15) is 22.2 Å². The van der Waals surface area contributed by atoms with Crippen LogP contribution in [0.3, 0.4) is 0 Å². The number of nitrogens with one attached hydrogen (secondary N) is 2. The maximum atomic E-state index is 13.2. The Kier molecular flexibility index (Phi) is 7.17. The lowest BCUT2D eigenvalue weighted by atomic mass is 10.1. The first-order valence-corrected chi connectivity index (χ1v) is 12.5. The second-order valence-corrected chi connectivity index (χ2v) is 9.38. The largest absolute Gasteiger partial charge is 0.457 e. The first kappa shape index (κ1) is 25.8. The van der Waals surface area contributed by atoms with Gasteiger partial charge in [-0.2, -0.15) is 0 Å². The molecule has 1 aliphatic rings. The van der Waals surface area contributed by atoms with Crippen molar-refractivity contribution in [3.8, 4) is 11.5 Å². The maximum Gasteiger partial charge on any atom is 0.283 e. The monoisotopic (exact) mass is 537 g/mol. The minimum Gasteiger partial charge on any atom is -0.457 e. The van der Waals surface area contributed by atoms with Crippen molar-refractivity contribution < 1.29 is 19.1 Å². The Morgan fingerprint density at radius 1 is 0.744 bits per heavy atom. The number of carbonyl (C=O) groups excluding carboxylic acids is 3. The van der Waals surface area contributed by atoms with Gasteiger partial charge in [0.05, 0.1) is 5.69 Å². The molecule has 0 aromatic heterocycles. The molecule has 1 aliphatic heterocycles. The highest BCUT2D eigenvalue weighted by Crippen LogP contribution is 2.32. The van der Waals surface area contributed by atoms with Crippen LogP contribution in [0.25, 0.3) is 0 Å². The van der Waals surface area contributed by atoms with Gasteiger partial charge in [0, 0.05) is 16.9 Å². The fourth-order valence-corrected chi connectivity index (χ4v) is 4.25. The summed E-state index contributed by atoms with van der Waals surface area (Å²) in [5.74, 6) is -0.344. The maximum absolute atomic E-state index is 13.2. The molecule has 0 unspecified atom stereocenters. The second kappa shape index (κ2) is 10.8. The molecule has 4 aromatic rings. The normalized spacial score (nSPS) is 13.1. The van der Waals surface area contributed by atoms with Gasteiger partial charge in [0.25, 0.3) is 17.7 Å². The van der Waals surface area contributed by atoms with Crippen LogP contribution < -0.4 is 20.3 Å². The van der Waals surface area contributed by atoms with Gasteiger partial charge in [0.2, 0.25) is 0 Å². The Bertz CT molecular complexity index is 1610. The highest BCUT2D eigenvalue weighted by molar-refractivity contribution is 6.53. The third-order valence-corrected chi connectivity index (χ3v) is 6.61. The molecule has 4 aromatic carbocycles. The summed E-state index contributed by atoms with van der Waals surface area (Å²) >= 11 is 6.29. The molecule has 0 aliphatic carbocycles. The molecule has 5 rings (SSSR count). The lowest BCUT2D eigenvalue weighted by Crippen LogP contribution is -2.32. The quantitative estimate of drug-likeness (QED) is 0.254. The number of carbonyl (C=O) groups is 3. The van der Waals surface area contributed by atoms with Crippen LogP contribution in [0.5, 0.6) is 11.5 Å². The Hall–Kier alpha value is -4.88. The van der Waals surface area contributed by atoms with Crippen molar-refractivity contribution >= 4 is 46.4 Å². The van der Waals surface area contributed by atoms with E-state index in [1.54, 1.807) is 48.5 Å². The average molecular weight is 538 g/mol. The molecular weight excluding hydrogens is 514 g/mol. The fraction of sp³-hybridized carbons (Fsp3) is 0.0645. The van der Waals surface area contributed by atoms with Gasteiger partial charge >= 0.3 is 0 Å². The minimum absolute atomic E-state index is 0.0713. The van der Waals surface area contributed by atoms with Gasteiger partial charge in [-0.15, -0.1) is 0 Å². The molecule has 0 saturated carbocycles. The molecule has 0 atom stereocenters. The SMILES string of the molecule is Cc1ccc(NC(=O)c2cccc(NC3=C(Cl)C(=O)N(c4ccc(Oc5ccccc5)cc4)C3=O)c2)cc1C. The van der Waals surface area contributed by atoms with E-state index in [0.29, 0.717) is 34.1 Å². The molecule has 1 heterocycles. The number of nitrogens with zero attached hydrogens (tertiary/aromatic N) is 1. The van der Waals surface area contributed by atoms with E-state index >= 15 is 0 Å². The summed E-state index contributed by atoms with van der Waals surface area (Å²) in [5.41, 5.74) is 3.96. The Morgan fingerprint density at radius 2 is 1.46 bits per heavy atom. The van der Waals surface area contributed by atoms with Crippen molar-refractivity contribution in [2.75, 3.05) is 15.5 Å². The predicted octanol–water partition coefficient (Wildman–Crippen LogP) is 6.78. The first-order chi connectivity index (χ1) is 18.8. The van der Waals surface area contributed by atoms with Crippen molar-refractivity contribution in [1.29, 1.82) is 0 Å². The number of halogens is 1. The number of rotatable bonds is 7. The number of para-hydroxylation sites is 1. The molecule has 0 fully saturated rings. The zero-order chi connectivity index (χ0) is 27.5. The minimum atomic E-state index is -0.649. The van der Waals surface area contributed by atoms with E-state index in [9.17, 15) is 14.4 Å². The first-order valence-electron chi connectivity index (χ1n) is 12.2. The predicted molar refractivity (Wildman–Crippen MR) is 152 cm³/mol. The van der Waals surface area contributed by atoms with Gasteiger partial charge in [-0.3, -0.25) is 14.4 Å².